The zero-order chi connectivity index (χ0) is 10.8. The number of aryl methyl sites for hydroxylation is 2. The quantitative estimate of drug-likeness (QED) is 0.744. The van der Waals surface area contributed by atoms with Crippen molar-refractivity contribution in [2.45, 2.75) is 20.4 Å². The molecule has 0 radical (unpaired) electrons. The van der Waals surface area contributed by atoms with Gasteiger partial charge >= 0.3 is 0 Å². The third-order valence-electron chi connectivity index (χ3n) is 2.10. The van der Waals surface area contributed by atoms with E-state index in [1.165, 1.54) is 11.3 Å². The number of rotatable bonds is 3. The Morgan fingerprint density at radius 2 is 2.40 bits per heavy atom. The fraction of sp³-hybridized carbons (Fsp3) is 0.300. The SMILES string of the molecule is CCn1nccc1C(=O)c1csc(C)n1. The van der Waals surface area contributed by atoms with Crippen LogP contribution in [0.4, 0.5) is 0 Å². The predicted octanol–water partition coefficient (Wildman–Crippen LogP) is 1.90. The Labute approximate surface area is 91.6 Å². The van der Waals surface area contributed by atoms with Crippen molar-refractivity contribution < 1.29 is 4.79 Å². The summed E-state index contributed by atoms with van der Waals surface area (Å²) >= 11 is 1.48. The van der Waals surface area contributed by atoms with Gasteiger partial charge in [0.1, 0.15) is 11.4 Å². The molecular formula is C10H11N3OS. The van der Waals surface area contributed by atoms with Crippen LogP contribution in [0.2, 0.25) is 0 Å². The lowest BCUT2D eigenvalue weighted by atomic mass is 10.2. The zero-order valence-corrected chi connectivity index (χ0v) is 9.41. The van der Waals surface area contributed by atoms with E-state index >= 15 is 0 Å². The number of nitrogens with zero attached hydrogens (tertiary/aromatic N) is 3. The molecule has 0 atom stereocenters. The summed E-state index contributed by atoms with van der Waals surface area (Å²) in [5.74, 6) is -0.0568. The van der Waals surface area contributed by atoms with Crippen molar-refractivity contribution in [1.82, 2.24) is 14.8 Å². The summed E-state index contributed by atoms with van der Waals surface area (Å²) in [6, 6.07) is 1.72. The molecule has 0 aromatic carbocycles. The highest BCUT2D eigenvalue weighted by atomic mass is 32.1. The topological polar surface area (TPSA) is 47.8 Å². The highest BCUT2D eigenvalue weighted by Gasteiger charge is 2.15. The van der Waals surface area contributed by atoms with Gasteiger partial charge in [0.15, 0.2) is 0 Å². The summed E-state index contributed by atoms with van der Waals surface area (Å²) in [4.78, 5) is 16.2. The van der Waals surface area contributed by atoms with Crippen molar-refractivity contribution in [3.05, 3.63) is 34.0 Å². The van der Waals surface area contributed by atoms with E-state index in [2.05, 4.69) is 10.1 Å². The maximum Gasteiger partial charge on any atom is 0.230 e. The van der Waals surface area contributed by atoms with Gasteiger partial charge in [-0.05, 0) is 19.9 Å². The van der Waals surface area contributed by atoms with E-state index in [9.17, 15) is 4.79 Å². The van der Waals surface area contributed by atoms with Gasteiger partial charge in [0.25, 0.3) is 0 Å². The van der Waals surface area contributed by atoms with Crippen LogP contribution in [0, 0.1) is 6.92 Å². The van der Waals surface area contributed by atoms with E-state index in [4.69, 9.17) is 0 Å². The van der Waals surface area contributed by atoms with Gasteiger partial charge < -0.3 is 0 Å². The van der Waals surface area contributed by atoms with E-state index in [0.29, 0.717) is 17.9 Å². The minimum atomic E-state index is -0.0568. The minimum absolute atomic E-state index is 0.0568. The molecule has 0 N–H and O–H groups in total. The smallest absolute Gasteiger partial charge is 0.230 e. The molecule has 0 saturated carbocycles. The summed E-state index contributed by atoms with van der Waals surface area (Å²) in [5, 5.41) is 6.75. The zero-order valence-electron chi connectivity index (χ0n) is 8.60. The molecule has 0 unspecified atom stereocenters. The average molecular weight is 221 g/mol. The highest BCUT2D eigenvalue weighted by molar-refractivity contribution is 7.09. The fourth-order valence-electron chi connectivity index (χ4n) is 1.38. The fourth-order valence-corrected chi connectivity index (χ4v) is 1.97. The average Bonchev–Trinajstić information content (AvgIpc) is 2.84. The van der Waals surface area contributed by atoms with Gasteiger partial charge in [0.2, 0.25) is 5.78 Å². The molecular weight excluding hydrogens is 210 g/mol. The van der Waals surface area contributed by atoms with Crippen molar-refractivity contribution in [1.29, 1.82) is 0 Å². The van der Waals surface area contributed by atoms with E-state index in [1.807, 2.05) is 13.8 Å². The Morgan fingerprint density at radius 1 is 1.60 bits per heavy atom. The molecule has 0 bridgehead atoms. The van der Waals surface area contributed by atoms with Crippen LogP contribution >= 0.6 is 11.3 Å². The minimum Gasteiger partial charge on any atom is -0.285 e. The number of hydrogen-bond acceptors (Lipinski definition) is 4. The first-order chi connectivity index (χ1) is 7.22. The maximum absolute atomic E-state index is 12.0. The molecule has 2 rings (SSSR count). The Balaban J connectivity index is 2.36. The van der Waals surface area contributed by atoms with Crippen LogP contribution < -0.4 is 0 Å². The second kappa shape index (κ2) is 3.94. The summed E-state index contributed by atoms with van der Waals surface area (Å²) in [5.41, 5.74) is 1.11. The third kappa shape index (κ3) is 1.83. The van der Waals surface area contributed by atoms with Crippen LogP contribution in [-0.2, 0) is 6.54 Å². The van der Waals surface area contributed by atoms with Gasteiger partial charge in [-0.2, -0.15) is 5.10 Å². The van der Waals surface area contributed by atoms with Crippen LogP contribution in [0.3, 0.4) is 0 Å². The van der Waals surface area contributed by atoms with Crippen LogP contribution in [0.25, 0.3) is 0 Å². The Hall–Kier alpha value is -1.49. The number of carbonyl (C=O) groups is 1. The van der Waals surface area contributed by atoms with Gasteiger partial charge in [-0.3, -0.25) is 9.48 Å². The lowest BCUT2D eigenvalue weighted by Crippen LogP contribution is -2.10. The second-order valence-corrected chi connectivity index (χ2v) is 4.18. The van der Waals surface area contributed by atoms with E-state index in [1.54, 1.807) is 22.3 Å². The van der Waals surface area contributed by atoms with Crippen LogP contribution in [-0.4, -0.2) is 20.5 Å². The Morgan fingerprint density at radius 3 is 3.00 bits per heavy atom. The molecule has 15 heavy (non-hydrogen) atoms. The van der Waals surface area contributed by atoms with Crippen LogP contribution in [0.1, 0.15) is 28.1 Å². The molecule has 0 saturated heterocycles. The van der Waals surface area contributed by atoms with Crippen molar-refractivity contribution >= 4 is 17.1 Å². The number of ketones is 1. The van der Waals surface area contributed by atoms with Gasteiger partial charge in [-0.1, -0.05) is 0 Å². The molecule has 0 amide bonds. The second-order valence-electron chi connectivity index (χ2n) is 3.11. The van der Waals surface area contributed by atoms with Crippen molar-refractivity contribution in [2.75, 3.05) is 0 Å². The Kier molecular flexibility index (Phi) is 2.64. The molecule has 0 aliphatic heterocycles. The number of hydrogen-bond donors (Lipinski definition) is 0. The molecule has 0 aliphatic rings. The van der Waals surface area contributed by atoms with E-state index in [0.717, 1.165) is 5.01 Å². The molecule has 4 nitrogen and oxygen atoms in total. The lowest BCUT2D eigenvalue weighted by molar-refractivity contribution is 0.102. The molecule has 2 heterocycles. The lowest BCUT2D eigenvalue weighted by Gasteiger charge is -2.00. The van der Waals surface area contributed by atoms with E-state index < -0.39 is 0 Å². The molecule has 78 valence electrons. The van der Waals surface area contributed by atoms with Crippen molar-refractivity contribution in [3.8, 4) is 0 Å². The van der Waals surface area contributed by atoms with Gasteiger partial charge in [0.05, 0.1) is 5.01 Å². The summed E-state index contributed by atoms with van der Waals surface area (Å²) < 4.78 is 1.68. The van der Waals surface area contributed by atoms with Gasteiger partial charge in [0, 0.05) is 18.1 Å². The van der Waals surface area contributed by atoms with E-state index in [-0.39, 0.29) is 5.78 Å². The monoisotopic (exact) mass is 221 g/mol. The first-order valence-electron chi connectivity index (χ1n) is 4.71. The van der Waals surface area contributed by atoms with Crippen LogP contribution in [0.5, 0.6) is 0 Å². The standard InChI is InChI=1S/C10H11N3OS/c1-3-13-9(4-5-11-13)10(14)8-6-15-7(2)12-8/h4-6H,3H2,1-2H3. The molecule has 0 fully saturated rings. The highest BCUT2D eigenvalue weighted by Crippen LogP contribution is 2.13. The molecule has 2 aromatic rings. The Bertz CT molecular complexity index is 486. The van der Waals surface area contributed by atoms with Crippen LogP contribution in [0.15, 0.2) is 17.6 Å². The van der Waals surface area contributed by atoms with Crippen molar-refractivity contribution in [3.63, 3.8) is 0 Å². The third-order valence-corrected chi connectivity index (χ3v) is 2.87. The number of carbonyl (C=O) groups excluding carboxylic acids is 1. The summed E-state index contributed by atoms with van der Waals surface area (Å²) in [7, 11) is 0. The normalized spacial score (nSPS) is 10.5. The molecule has 0 spiro atoms. The first kappa shape index (κ1) is 10.0. The maximum atomic E-state index is 12.0. The predicted molar refractivity (Wildman–Crippen MR) is 58.2 cm³/mol. The largest absolute Gasteiger partial charge is 0.285 e. The van der Waals surface area contributed by atoms with Crippen molar-refractivity contribution in [2.24, 2.45) is 0 Å². The molecule has 5 heteroatoms. The number of aromatic nitrogens is 3. The van der Waals surface area contributed by atoms with Gasteiger partial charge in [-0.15, -0.1) is 11.3 Å². The number of thiazole rings is 1. The summed E-state index contributed by atoms with van der Waals surface area (Å²) in [6.07, 6.45) is 1.63. The summed E-state index contributed by atoms with van der Waals surface area (Å²) in [6.45, 7) is 4.53. The van der Waals surface area contributed by atoms with Gasteiger partial charge in [-0.25, -0.2) is 4.98 Å². The molecule has 0 aliphatic carbocycles. The first-order valence-corrected chi connectivity index (χ1v) is 5.59. The molecule has 2 aromatic heterocycles.